The summed E-state index contributed by atoms with van der Waals surface area (Å²) in [5.41, 5.74) is 7.40. The lowest BCUT2D eigenvalue weighted by atomic mass is 10.2. The molecule has 0 aliphatic heterocycles. The Hall–Kier alpha value is -3.22. The Bertz CT molecular complexity index is 1190. The first-order chi connectivity index (χ1) is 17.5. The van der Waals surface area contributed by atoms with Gasteiger partial charge in [-0.15, -0.1) is 0 Å². The van der Waals surface area contributed by atoms with Gasteiger partial charge in [-0.1, -0.05) is 48.6 Å². The van der Waals surface area contributed by atoms with Gasteiger partial charge in [0.1, 0.15) is 0 Å². The maximum absolute atomic E-state index is 2.20. The molecule has 0 bridgehead atoms. The molecule has 0 atom stereocenters. The van der Waals surface area contributed by atoms with Crippen molar-refractivity contribution >= 4 is 23.5 Å². The van der Waals surface area contributed by atoms with Crippen LogP contribution in [0, 0.1) is 0 Å². The van der Waals surface area contributed by atoms with Gasteiger partial charge in [0, 0.05) is 75.0 Å². The van der Waals surface area contributed by atoms with Crippen LogP contribution in [0.1, 0.15) is 22.3 Å². The summed E-state index contributed by atoms with van der Waals surface area (Å²) in [5, 5.41) is 0. The first kappa shape index (κ1) is 31.0. The van der Waals surface area contributed by atoms with Crippen LogP contribution < -0.4 is 52.9 Å². The number of allylic oxidation sites excluding steroid dienone is 2. The number of halogens is 2. The number of aromatic nitrogens is 2. The minimum absolute atomic E-state index is 0. The molecule has 2 aromatic heterocycles. The van der Waals surface area contributed by atoms with Crippen molar-refractivity contribution < 1.29 is 43.1 Å². The Morgan fingerprint density at radius 3 is 1.11 bits per heavy atom. The lowest BCUT2D eigenvalue weighted by Gasteiger charge is -2.11. The second kappa shape index (κ2) is 15.3. The molecule has 0 saturated carbocycles. The zero-order valence-corrected chi connectivity index (χ0v) is 25.7. The van der Waals surface area contributed by atoms with E-state index in [9.17, 15) is 0 Å². The van der Waals surface area contributed by atoms with Gasteiger partial charge in [0.15, 0.2) is 37.9 Å². The average molecular weight is 636 g/mol. The fourth-order valence-electron chi connectivity index (χ4n) is 3.92. The number of anilines is 2. The highest BCUT2D eigenvalue weighted by Crippen LogP contribution is 2.13. The van der Waals surface area contributed by atoms with E-state index in [1.807, 2.05) is 0 Å². The summed E-state index contributed by atoms with van der Waals surface area (Å²) in [7, 11) is 8.25. The molecule has 38 heavy (non-hydrogen) atoms. The molecule has 0 aliphatic carbocycles. The summed E-state index contributed by atoms with van der Waals surface area (Å²) in [5.74, 6) is 0. The molecule has 0 spiro atoms. The first-order valence-corrected chi connectivity index (χ1v) is 12.3. The molecule has 2 aromatic carbocycles. The van der Waals surface area contributed by atoms with Crippen molar-refractivity contribution in [3.8, 4) is 0 Å². The molecule has 0 radical (unpaired) electrons. The predicted octanol–water partition coefficient (Wildman–Crippen LogP) is -0.775. The van der Waals surface area contributed by atoms with Crippen molar-refractivity contribution in [1.82, 2.24) is 0 Å². The van der Waals surface area contributed by atoms with Crippen molar-refractivity contribution in [2.75, 3.05) is 38.0 Å². The van der Waals surface area contributed by atoms with Gasteiger partial charge >= 0.3 is 0 Å². The SMILES string of the molecule is CN(C)c1ccc(C[n+]2ccc(/C=C/C=C/c3cc[n+](Cc4ccc(N(C)C)cc4)cc3)cc2)cc1.[Br-].[Br-]. The van der Waals surface area contributed by atoms with Crippen LogP contribution in [0.4, 0.5) is 11.4 Å². The Kier molecular flexibility index (Phi) is 12.4. The van der Waals surface area contributed by atoms with E-state index in [-0.39, 0.29) is 34.0 Å². The quantitative estimate of drug-likeness (QED) is 0.177. The van der Waals surface area contributed by atoms with Crippen LogP contribution in [0.15, 0.2) is 110 Å². The molecule has 0 saturated heterocycles. The highest BCUT2D eigenvalue weighted by atomic mass is 79.9. The van der Waals surface area contributed by atoms with E-state index >= 15 is 0 Å². The van der Waals surface area contributed by atoms with Gasteiger partial charge in [-0.2, -0.15) is 0 Å². The largest absolute Gasteiger partial charge is 1.00 e. The fraction of sp³-hybridized carbons (Fsp3) is 0.188. The summed E-state index contributed by atoms with van der Waals surface area (Å²) < 4.78 is 4.40. The summed E-state index contributed by atoms with van der Waals surface area (Å²) in [6.45, 7) is 1.74. The molecule has 4 nitrogen and oxygen atoms in total. The molecule has 0 unspecified atom stereocenters. The Morgan fingerprint density at radius 1 is 0.500 bits per heavy atom. The van der Waals surface area contributed by atoms with Crippen LogP contribution in [0.2, 0.25) is 0 Å². The number of hydrogen-bond donors (Lipinski definition) is 0. The lowest BCUT2D eigenvalue weighted by molar-refractivity contribution is -0.688. The maximum atomic E-state index is 2.20. The number of pyridine rings is 2. The van der Waals surface area contributed by atoms with Gasteiger partial charge in [-0.3, -0.25) is 0 Å². The van der Waals surface area contributed by atoms with Crippen LogP contribution in [-0.2, 0) is 13.1 Å². The summed E-state index contributed by atoms with van der Waals surface area (Å²) >= 11 is 0. The summed E-state index contributed by atoms with van der Waals surface area (Å²) in [6.07, 6.45) is 17.0. The topological polar surface area (TPSA) is 14.2 Å². The van der Waals surface area contributed by atoms with Crippen molar-refractivity contribution in [2.24, 2.45) is 0 Å². The van der Waals surface area contributed by atoms with Gasteiger partial charge in [0.2, 0.25) is 0 Å². The second-order valence-corrected chi connectivity index (χ2v) is 9.45. The smallest absolute Gasteiger partial charge is 0.173 e. The van der Waals surface area contributed by atoms with E-state index in [1.54, 1.807) is 0 Å². The molecule has 0 fully saturated rings. The average Bonchev–Trinajstić information content (AvgIpc) is 2.89. The number of hydrogen-bond acceptors (Lipinski definition) is 2. The van der Waals surface area contributed by atoms with Gasteiger partial charge in [-0.25, -0.2) is 9.13 Å². The summed E-state index contributed by atoms with van der Waals surface area (Å²) in [6, 6.07) is 26.0. The van der Waals surface area contributed by atoms with E-state index < -0.39 is 0 Å². The molecule has 198 valence electrons. The van der Waals surface area contributed by atoms with E-state index in [0.717, 1.165) is 13.1 Å². The third-order valence-corrected chi connectivity index (χ3v) is 6.16. The molecule has 0 aliphatic rings. The third-order valence-electron chi connectivity index (χ3n) is 6.16. The van der Waals surface area contributed by atoms with E-state index in [4.69, 9.17) is 0 Å². The first-order valence-electron chi connectivity index (χ1n) is 12.3. The fourth-order valence-corrected chi connectivity index (χ4v) is 3.92. The Labute approximate surface area is 248 Å². The molecule has 4 aromatic rings. The molecule has 0 N–H and O–H groups in total. The molecular weight excluding hydrogens is 600 g/mol. The van der Waals surface area contributed by atoms with Crippen molar-refractivity contribution in [3.63, 3.8) is 0 Å². The molecule has 2 heterocycles. The van der Waals surface area contributed by atoms with Crippen LogP contribution in [-0.4, -0.2) is 28.2 Å². The summed E-state index contributed by atoms with van der Waals surface area (Å²) in [4.78, 5) is 4.24. The van der Waals surface area contributed by atoms with Crippen LogP contribution >= 0.6 is 0 Å². The Balaban J connectivity index is 0.00000253. The monoisotopic (exact) mass is 634 g/mol. The van der Waals surface area contributed by atoms with Crippen molar-refractivity contribution in [1.29, 1.82) is 0 Å². The lowest BCUT2D eigenvalue weighted by Crippen LogP contribution is -3.00. The van der Waals surface area contributed by atoms with E-state index in [1.165, 1.54) is 33.6 Å². The third kappa shape index (κ3) is 9.26. The van der Waals surface area contributed by atoms with Gasteiger partial charge in [-0.05, 0) is 35.4 Å². The number of rotatable bonds is 9. The normalized spacial score (nSPS) is 10.7. The maximum Gasteiger partial charge on any atom is 0.173 e. The van der Waals surface area contributed by atoms with Crippen LogP contribution in [0.5, 0.6) is 0 Å². The highest BCUT2D eigenvalue weighted by Gasteiger charge is 2.04. The van der Waals surface area contributed by atoms with E-state index in [0.29, 0.717) is 0 Å². The number of nitrogens with zero attached hydrogens (tertiary/aromatic N) is 4. The minimum atomic E-state index is 0. The van der Waals surface area contributed by atoms with Crippen molar-refractivity contribution in [2.45, 2.75) is 13.1 Å². The van der Waals surface area contributed by atoms with Crippen LogP contribution in [0.3, 0.4) is 0 Å². The number of benzene rings is 2. The van der Waals surface area contributed by atoms with Crippen molar-refractivity contribution in [3.05, 3.63) is 132 Å². The molecular formula is C32H36Br2N4. The standard InChI is InChI=1S/C32H36N4.2BrH/c1-33(2)31-13-9-29(10-14-31)25-35-21-17-27(18-22-35)7-5-6-8-28-19-23-36(24-20-28)26-30-11-15-32(16-12-30)34(3)4;;/h5-24H,25-26H2,1-4H3;2*1H/q+2;;/p-2/b7-5+,8-6+;;. The van der Waals surface area contributed by atoms with Gasteiger partial charge < -0.3 is 43.8 Å². The molecule has 4 rings (SSSR count). The second-order valence-electron chi connectivity index (χ2n) is 9.45. The minimum Gasteiger partial charge on any atom is -1.00 e. The van der Waals surface area contributed by atoms with E-state index in [2.05, 4.69) is 169 Å². The van der Waals surface area contributed by atoms with Gasteiger partial charge in [0.25, 0.3) is 0 Å². The zero-order chi connectivity index (χ0) is 25.3. The molecule has 0 amide bonds. The van der Waals surface area contributed by atoms with Gasteiger partial charge in [0.05, 0.1) is 0 Å². The Morgan fingerprint density at radius 2 is 0.816 bits per heavy atom. The van der Waals surface area contributed by atoms with Crippen LogP contribution in [0.25, 0.3) is 12.2 Å². The zero-order valence-electron chi connectivity index (χ0n) is 22.5. The highest BCUT2D eigenvalue weighted by molar-refractivity contribution is 5.56. The molecule has 6 heteroatoms. The predicted molar refractivity (Wildman–Crippen MR) is 151 cm³/mol.